The second kappa shape index (κ2) is 9.92. The van der Waals surface area contributed by atoms with Crippen molar-refractivity contribution < 1.29 is 35.8 Å². The number of fused-ring (bicyclic) bond motifs is 1. The zero-order valence-electron chi connectivity index (χ0n) is 19.1. The van der Waals surface area contributed by atoms with Crippen molar-refractivity contribution in [2.75, 3.05) is 26.0 Å². The van der Waals surface area contributed by atoms with E-state index in [1.165, 1.54) is 35.0 Å². The molecule has 1 aromatic heterocycles. The van der Waals surface area contributed by atoms with Gasteiger partial charge in [-0.25, -0.2) is 12.7 Å². The van der Waals surface area contributed by atoms with Gasteiger partial charge in [0.1, 0.15) is 12.0 Å². The van der Waals surface area contributed by atoms with Crippen LogP contribution < -0.4 is 10.2 Å². The van der Waals surface area contributed by atoms with Crippen molar-refractivity contribution in [3.8, 4) is 5.75 Å². The molecular weight excluding hydrogens is 489 g/mol. The Morgan fingerprint density at radius 3 is 2.49 bits per heavy atom. The molecule has 12 heteroatoms. The molecule has 0 saturated carbocycles. The average Bonchev–Trinajstić information content (AvgIpc) is 3.18. The van der Waals surface area contributed by atoms with Crippen LogP contribution in [0.4, 0.5) is 13.2 Å². The highest BCUT2D eigenvalue weighted by atomic mass is 32.2. The molecule has 0 spiro atoms. The van der Waals surface area contributed by atoms with Crippen LogP contribution in [0.25, 0.3) is 0 Å². The lowest BCUT2D eigenvalue weighted by Gasteiger charge is -2.29. The highest BCUT2D eigenvalue weighted by molar-refractivity contribution is 7.88. The van der Waals surface area contributed by atoms with Gasteiger partial charge in [0.2, 0.25) is 21.2 Å². The number of sulfonamides is 1. The molecule has 0 amide bonds. The Hall–Kier alpha value is -2.41. The summed E-state index contributed by atoms with van der Waals surface area (Å²) in [5.74, 6) is 0.609. The van der Waals surface area contributed by atoms with E-state index in [0.29, 0.717) is 50.3 Å². The van der Waals surface area contributed by atoms with Crippen LogP contribution in [-0.4, -0.2) is 54.9 Å². The molecule has 1 aromatic carbocycles. The third-order valence-corrected chi connectivity index (χ3v) is 7.70. The first kappa shape index (κ1) is 25.7. The SMILES string of the molecule is CS(=O)(=O)N1CCC(COc2coc(CN3Cc4ccc(C(O)C(F)(F)F)cc4C3)cc2=O)CC1. The number of halogens is 3. The summed E-state index contributed by atoms with van der Waals surface area (Å²) >= 11 is 0. The quantitative estimate of drug-likeness (QED) is 0.604. The number of benzene rings is 1. The number of hydrogen-bond donors (Lipinski definition) is 1. The Morgan fingerprint density at radius 1 is 1.17 bits per heavy atom. The monoisotopic (exact) mass is 516 g/mol. The summed E-state index contributed by atoms with van der Waals surface area (Å²) < 4.78 is 74.2. The topological polar surface area (TPSA) is 100 Å². The highest BCUT2D eigenvalue weighted by Crippen LogP contribution is 2.35. The van der Waals surface area contributed by atoms with E-state index in [9.17, 15) is 31.5 Å². The van der Waals surface area contributed by atoms with E-state index >= 15 is 0 Å². The van der Waals surface area contributed by atoms with Crippen LogP contribution in [0.15, 0.2) is 39.7 Å². The summed E-state index contributed by atoms with van der Waals surface area (Å²) in [5, 5.41) is 9.49. The molecule has 2 aliphatic rings. The zero-order valence-corrected chi connectivity index (χ0v) is 19.9. The van der Waals surface area contributed by atoms with E-state index < -0.39 is 22.3 Å². The summed E-state index contributed by atoms with van der Waals surface area (Å²) in [6.45, 7) is 2.26. The molecule has 1 unspecified atom stereocenters. The van der Waals surface area contributed by atoms with E-state index in [4.69, 9.17) is 9.15 Å². The molecule has 8 nitrogen and oxygen atoms in total. The van der Waals surface area contributed by atoms with E-state index in [-0.39, 0.29) is 35.8 Å². The normalized spacial score (nSPS) is 19.0. The number of hydrogen-bond acceptors (Lipinski definition) is 7. The lowest BCUT2D eigenvalue weighted by molar-refractivity contribution is -0.206. The van der Waals surface area contributed by atoms with Crippen LogP contribution in [-0.2, 0) is 29.7 Å². The molecule has 1 fully saturated rings. The van der Waals surface area contributed by atoms with E-state index in [0.717, 1.165) is 5.56 Å². The molecule has 2 aromatic rings. The van der Waals surface area contributed by atoms with Crippen molar-refractivity contribution in [2.24, 2.45) is 5.92 Å². The number of nitrogens with zero attached hydrogens (tertiary/aromatic N) is 2. The summed E-state index contributed by atoms with van der Waals surface area (Å²) in [6, 6.07) is 5.55. The van der Waals surface area contributed by atoms with Gasteiger partial charge in [-0.3, -0.25) is 9.69 Å². The van der Waals surface area contributed by atoms with Gasteiger partial charge in [0.25, 0.3) is 0 Å². The standard InChI is InChI=1S/C23H27F3N2O6S/c1-35(31,32)28-6-4-15(5-7-28)13-34-21-14-33-19(9-20(21)29)12-27-10-17-3-2-16(8-18(17)11-27)22(30)23(24,25)26/h2-3,8-9,14-15,22,30H,4-7,10-13H2,1H3. The summed E-state index contributed by atoms with van der Waals surface area (Å²) in [6.07, 6.45) is -3.52. The van der Waals surface area contributed by atoms with Gasteiger partial charge in [0.05, 0.1) is 19.4 Å². The lowest BCUT2D eigenvalue weighted by Crippen LogP contribution is -2.39. The van der Waals surface area contributed by atoms with Crippen molar-refractivity contribution in [1.82, 2.24) is 9.21 Å². The first-order chi connectivity index (χ1) is 16.4. The molecule has 1 N–H and O–H groups in total. The van der Waals surface area contributed by atoms with Crippen molar-refractivity contribution in [3.63, 3.8) is 0 Å². The summed E-state index contributed by atoms with van der Waals surface area (Å²) in [4.78, 5) is 14.4. The molecule has 35 heavy (non-hydrogen) atoms. The number of rotatable bonds is 7. The third kappa shape index (κ3) is 6.24. The fourth-order valence-corrected chi connectivity index (χ4v) is 5.29. The number of piperidine rings is 1. The fraction of sp³-hybridized carbons (Fsp3) is 0.522. The smallest absolute Gasteiger partial charge is 0.418 e. The van der Waals surface area contributed by atoms with Crippen LogP contribution in [0.1, 0.15) is 41.4 Å². The first-order valence-corrected chi connectivity index (χ1v) is 13.0. The van der Waals surface area contributed by atoms with Crippen molar-refractivity contribution in [3.05, 3.63) is 63.2 Å². The Balaban J connectivity index is 1.31. The van der Waals surface area contributed by atoms with Crippen LogP contribution >= 0.6 is 0 Å². The molecule has 2 aliphatic heterocycles. The van der Waals surface area contributed by atoms with Crippen molar-refractivity contribution in [1.29, 1.82) is 0 Å². The van der Waals surface area contributed by atoms with Gasteiger partial charge in [-0.15, -0.1) is 0 Å². The van der Waals surface area contributed by atoms with Gasteiger partial charge in [-0.05, 0) is 35.4 Å². The molecular formula is C23H27F3N2O6S. The number of alkyl halides is 3. The second-order valence-electron chi connectivity index (χ2n) is 9.11. The number of ether oxygens (including phenoxy) is 1. The van der Waals surface area contributed by atoms with Gasteiger partial charge < -0.3 is 14.3 Å². The minimum absolute atomic E-state index is 0.0785. The molecule has 3 heterocycles. The lowest BCUT2D eigenvalue weighted by atomic mass is 9.99. The van der Waals surface area contributed by atoms with E-state index in [1.807, 2.05) is 4.90 Å². The molecule has 0 aliphatic carbocycles. The Morgan fingerprint density at radius 2 is 1.86 bits per heavy atom. The molecule has 0 radical (unpaired) electrons. The second-order valence-corrected chi connectivity index (χ2v) is 11.1. The van der Waals surface area contributed by atoms with Gasteiger partial charge in [-0.2, -0.15) is 13.2 Å². The summed E-state index contributed by atoms with van der Waals surface area (Å²) in [7, 11) is -3.20. The van der Waals surface area contributed by atoms with Gasteiger partial charge in [0, 0.05) is 32.2 Å². The highest BCUT2D eigenvalue weighted by Gasteiger charge is 2.39. The van der Waals surface area contributed by atoms with Crippen LogP contribution in [0, 0.1) is 5.92 Å². The predicted molar refractivity (Wildman–Crippen MR) is 120 cm³/mol. The minimum Gasteiger partial charge on any atom is -0.486 e. The largest absolute Gasteiger partial charge is 0.486 e. The number of aliphatic hydroxyl groups excluding tert-OH is 1. The molecule has 1 saturated heterocycles. The van der Waals surface area contributed by atoms with Gasteiger partial charge in [-0.1, -0.05) is 18.2 Å². The Kier molecular flexibility index (Phi) is 7.28. The fourth-order valence-electron chi connectivity index (χ4n) is 4.42. The van der Waals surface area contributed by atoms with Crippen LogP contribution in [0.3, 0.4) is 0 Å². The average molecular weight is 517 g/mol. The maximum absolute atomic E-state index is 12.8. The zero-order chi connectivity index (χ0) is 25.4. The van der Waals surface area contributed by atoms with Gasteiger partial charge >= 0.3 is 6.18 Å². The Labute approximate surface area is 201 Å². The molecule has 192 valence electrons. The van der Waals surface area contributed by atoms with Crippen LogP contribution in [0.2, 0.25) is 0 Å². The van der Waals surface area contributed by atoms with E-state index in [2.05, 4.69) is 0 Å². The maximum atomic E-state index is 12.8. The van der Waals surface area contributed by atoms with Crippen LogP contribution in [0.5, 0.6) is 5.75 Å². The minimum atomic E-state index is -4.73. The molecule has 1 atom stereocenters. The third-order valence-electron chi connectivity index (χ3n) is 6.39. The summed E-state index contributed by atoms with van der Waals surface area (Å²) in [5.41, 5.74) is 1.00. The molecule has 4 rings (SSSR count). The number of aliphatic hydroxyl groups is 1. The maximum Gasteiger partial charge on any atom is 0.418 e. The van der Waals surface area contributed by atoms with E-state index in [1.54, 1.807) is 6.07 Å². The van der Waals surface area contributed by atoms with Gasteiger partial charge in [0.15, 0.2) is 6.10 Å². The first-order valence-electron chi connectivity index (χ1n) is 11.2. The van der Waals surface area contributed by atoms with Crippen molar-refractivity contribution in [2.45, 2.75) is 44.8 Å². The molecule has 0 bridgehead atoms. The van der Waals surface area contributed by atoms with Crippen molar-refractivity contribution >= 4 is 10.0 Å². The Bertz CT molecular complexity index is 1220. The predicted octanol–water partition coefficient (Wildman–Crippen LogP) is 2.80.